The lowest BCUT2D eigenvalue weighted by atomic mass is 9.77. The van der Waals surface area contributed by atoms with Crippen LogP contribution in [0.15, 0.2) is 52.0 Å². The molecule has 5 rings (SSSR count). The van der Waals surface area contributed by atoms with Gasteiger partial charge in [-0.15, -0.1) is 0 Å². The van der Waals surface area contributed by atoms with Crippen LogP contribution in [0.4, 0.5) is 0 Å². The van der Waals surface area contributed by atoms with Crippen LogP contribution < -0.4 is 0 Å². The van der Waals surface area contributed by atoms with Gasteiger partial charge in [0.1, 0.15) is 16.8 Å². The molecule has 3 aliphatic heterocycles. The SMILES string of the molecule is CC(C)C1C(C(=O)N2C(C(=O)O)CC[C@H]2C)SC2=NC(C)(C3=CC=C(Cl)CC3)[C@@H](c3ccc(Cl)cc3)N21. The number of thioether (sulfide) groups is 1. The number of carbonyl (C=O) groups excluding carboxylic acids is 1. The smallest absolute Gasteiger partial charge is 0.326 e. The lowest BCUT2D eigenvalue weighted by Gasteiger charge is -2.42. The zero-order valence-electron chi connectivity index (χ0n) is 21.5. The summed E-state index contributed by atoms with van der Waals surface area (Å²) in [6, 6.07) is 6.79. The number of hydrogen-bond donors (Lipinski definition) is 1. The first kappa shape index (κ1) is 26.6. The molecule has 1 aromatic carbocycles. The number of allylic oxidation sites excluding steroid dienone is 3. The lowest BCUT2D eigenvalue weighted by molar-refractivity contribution is -0.149. The summed E-state index contributed by atoms with van der Waals surface area (Å²) in [6.45, 7) is 8.39. The normalized spacial score (nSPS) is 33.4. The molecule has 0 radical (unpaired) electrons. The molecule has 3 heterocycles. The third-order valence-corrected chi connectivity index (χ3v) is 10.1. The first-order chi connectivity index (χ1) is 17.5. The minimum absolute atomic E-state index is 0.0960. The van der Waals surface area contributed by atoms with Gasteiger partial charge in [-0.1, -0.05) is 67.0 Å². The largest absolute Gasteiger partial charge is 0.480 e. The number of nitrogens with zero attached hydrogens (tertiary/aromatic N) is 3. The van der Waals surface area contributed by atoms with Crippen LogP contribution in [-0.4, -0.2) is 60.9 Å². The topological polar surface area (TPSA) is 73.2 Å². The molecular formula is C28H33Cl2N3O3S. The van der Waals surface area contributed by atoms with Gasteiger partial charge in [0.25, 0.3) is 0 Å². The van der Waals surface area contributed by atoms with Crippen molar-refractivity contribution in [1.29, 1.82) is 0 Å². The lowest BCUT2D eigenvalue weighted by Crippen LogP contribution is -2.53. The predicted octanol–water partition coefficient (Wildman–Crippen LogP) is 6.26. The van der Waals surface area contributed by atoms with Crippen LogP contribution in [0, 0.1) is 5.92 Å². The summed E-state index contributed by atoms with van der Waals surface area (Å²) in [5.41, 5.74) is 1.77. The molecule has 6 atom stereocenters. The van der Waals surface area contributed by atoms with Crippen molar-refractivity contribution in [1.82, 2.24) is 9.80 Å². The molecule has 2 fully saturated rings. The quantitative estimate of drug-likeness (QED) is 0.459. The van der Waals surface area contributed by atoms with Gasteiger partial charge in [0, 0.05) is 16.1 Å². The zero-order chi connectivity index (χ0) is 26.6. The summed E-state index contributed by atoms with van der Waals surface area (Å²) in [6.07, 6.45) is 6.87. The second-order valence-electron chi connectivity index (χ2n) is 11.0. The number of halogens is 2. The van der Waals surface area contributed by atoms with Crippen LogP contribution in [0.5, 0.6) is 0 Å². The number of benzene rings is 1. The number of likely N-dealkylation sites (tertiary alicyclic amines) is 1. The standard InChI is InChI=1S/C28H33Cl2N3O3S/c1-15(2)22-23(25(34)32-16(3)5-14-21(32)26(35)36)37-27-31-28(4,18-8-12-20(30)13-9-18)24(33(22)27)17-6-10-19(29)11-7-17/h6-8,10-12,15-16,21-24H,5,9,13-14H2,1-4H3,(H,35,36)/t16-,21?,22?,23?,24-,28?/m1/s1. The highest BCUT2D eigenvalue weighted by Gasteiger charge is 2.59. The number of amides is 1. The molecule has 6 nitrogen and oxygen atoms in total. The molecule has 0 saturated carbocycles. The van der Waals surface area contributed by atoms with Crippen molar-refractivity contribution in [2.45, 2.75) is 88.3 Å². The van der Waals surface area contributed by atoms with E-state index in [1.54, 1.807) is 4.90 Å². The molecule has 2 saturated heterocycles. The van der Waals surface area contributed by atoms with Crippen LogP contribution in [0.25, 0.3) is 0 Å². The highest BCUT2D eigenvalue weighted by Crippen LogP contribution is 2.55. The van der Waals surface area contributed by atoms with E-state index >= 15 is 0 Å². The molecule has 1 aromatic rings. The van der Waals surface area contributed by atoms with Gasteiger partial charge in [-0.05, 0) is 74.8 Å². The van der Waals surface area contributed by atoms with Crippen molar-refractivity contribution in [2.75, 3.05) is 0 Å². The fourth-order valence-electron chi connectivity index (χ4n) is 6.44. The average Bonchev–Trinajstić information content (AvgIpc) is 3.49. The number of fused-ring (bicyclic) bond motifs is 1. The van der Waals surface area contributed by atoms with Gasteiger partial charge in [-0.25, -0.2) is 9.79 Å². The third kappa shape index (κ3) is 4.51. The van der Waals surface area contributed by atoms with Gasteiger partial charge in [0.05, 0.1) is 12.1 Å². The molecule has 37 heavy (non-hydrogen) atoms. The Kier molecular flexibility index (Phi) is 7.18. The van der Waals surface area contributed by atoms with E-state index < -0.39 is 22.8 Å². The van der Waals surface area contributed by atoms with Crippen molar-refractivity contribution >= 4 is 52.0 Å². The van der Waals surface area contributed by atoms with E-state index in [0.29, 0.717) is 17.9 Å². The first-order valence-corrected chi connectivity index (χ1v) is 14.6. The Labute approximate surface area is 232 Å². The van der Waals surface area contributed by atoms with E-state index in [9.17, 15) is 14.7 Å². The van der Waals surface area contributed by atoms with E-state index in [2.05, 4.69) is 43.9 Å². The van der Waals surface area contributed by atoms with Gasteiger partial charge < -0.3 is 14.9 Å². The molecule has 4 aliphatic rings. The van der Waals surface area contributed by atoms with E-state index in [0.717, 1.165) is 28.6 Å². The molecular weight excluding hydrogens is 529 g/mol. The fourth-order valence-corrected chi connectivity index (χ4v) is 8.35. The monoisotopic (exact) mass is 561 g/mol. The number of carboxylic acid groups (broad SMARTS) is 1. The van der Waals surface area contributed by atoms with E-state index in [4.69, 9.17) is 28.2 Å². The number of rotatable bonds is 5. The minimum atomic E-state index is -0.929. The average molecular weight is 563 g/mol. The maximum Gasteiger partial charge on any atom is 0.326 e. The van der Waals surface area contributed by atoms with Crippen LogP contribution in [-0.2, 0) is 9.59 Å². The number of carboxylic acids is 1. The molecule has 4 unspecified atom stereocenters. The third-order valence-electron chi connectivity index (χ3n) is 8.29. The molecule has 1 N–H and O–H groups in total. The van der Waals surface area contributed by atoms with Crippen molar-refractivity contribution < 1.29 is 14.7 Å². The summed E-state index contributed by atoms with van der Waals surface area (Å²) in [5, 5.41) is 11.7. The van der Waals surface area contributed by atoms with Gasteiger partial charge >= 0.3 is 5.97 Å². The van der Waals surface area contributed by atoms with Crippen molar-refractivity contribution in [3.63, 3.8) is 0 Å². The highest BCUT2D eigenvalue weighted by atomic mass is 35.5. The molecule has 9 heteroatoms. The zero-order valence-corrected chi connectivity index (χ0v) is 23.9. The van der Waals surface area contributed by atoms with E-state index in [-0.39, 0.29) is 30.0 Å². The Morgan fingerprint density at radius 1 is 1.14 bits per heavy atom. The highest BCUT2D eigenvalue weighted by molar-refractivity contribution is 8.15. The molecule has 0 bridgehead atoms. The summed E-state index contributed by atoms with van der Waals surface area (Å²) in [7, 11) is 0. The predicted molar refractivity (Wildman–Crippen MR) is 150 cm³/mol. The maximum atomic E-state index is 14.0. The van der Waals surface area contributed by atoms with Crippen molar-refractivity contribution in [3.05, 3.63) is 57.6 Å². The Morgan fingerprint density at radius 2 is 1.84 bits per heavy atom. The Hall–Kier alpha value is -1.96. The minimum Gasteiger partial charge on any atom is -0.480 e. The number of hydrogen-bond acceptors (Lipinski definition) is 5. The summed E-state index contributed by atoms with van der Waals surface area (Å²) in [4.78, 5) is 35.3. The first-order valence-electron chi connectivity index (χ1n) is 12.9. The number of amidine groups is 1. The summed E-state index contributed by atoms with van der Waals surface area (Å²) < 4.78 is 0. The molecule has 0 spiro atoms. The van der Waals surface area contributed by atoms with E-state index in [1.165, 1.54) is 17.3 Å². The fraction of sp³-hybridized carbons (Fsp3) is 0.536. The summed E-state index contributed by atoms with van der Waals surface area (Å²) in [5.74, 6) is -0.884. The molecule has 1 aliphatic carbocycles. The molecule has 1 amide bonds. The second-order valence-corrected chi connectivity index (χ2v) is 13.0. The van der Waals surface area contributed by atoms with Crippen molar-refractivity contribution in [2.24, 2.45) is 10.9 Å². The van der Waals surface area contributed by atoms with Gasteiger partial charge in [-0.2, -0.15) is 0 Å². The number of aliphatic imine (C=N–C) groups is 1. The van der Waals surface area contributed by atoms with Gasteiger partial charge in [0.2, 0.25) is 5.91 Å². The van der Waals surface area contributed by atoms with Crippen molar-refractivity contribution in [3.8, 4) is 0 Å². The molecule has 0 aromatic heterocycles. The maximum absolute atomic E-state index is 14.0. The van der Waals surface area contributed by atoms with Gasteiger partial charge in [0.15, 0.2) is 5.17 Å². The second kappa shape index (κ2) is 9.97. The van der Waals surface area contributed by atoms with Crippen LogP contribution in [0.3, 0.4) is 0 Å². The number of carbonyl (C=O) groups is 2. The summed E-state index contributed by atoms with van der Waals surface area (Å²) >= 11 is 14.0. The Morgan fingerprint density at radius 3 is 2.43 bits per heavy atom. The molecule has 198 valence electrons. The van der Waals surface area contributed by atoms with Gasteiger partial charge in [-0.3, -0.25) is 4.79 Å². The van der Waals surface area contributed by atoms with Crippen LogP contribution >= 0.6 is 35.0 Å². The Bertz CT molecular complexity index is 1200. The number of aliphatic carboxylic acids is 1. The van der Waals surface area contributed by atoms with Crippen LogP contribution in [0.2, 0.25) is 5.02 Å². The Balaban J connectivity index is 1.59. The van der Waals surface area contributed by atoms with E-state index in [1.807, 2.05) is 25.1 Å². The van der Waals surface area contributed by atoms with Crippen LogP contribution in [0.1, 0.15) is 65.0 Å².